The molecule has 0 amide bonds. The summed E-state index contributed by atoms with van der Waals surface area (Å²) in [6, 6.07) is 1.79. The average Bonchev–Trinajstić information content (AvgIpc) is 2.45. The van der Waals surface area contributed by atoms with E-state index < -0.39 is 17.5 Å². The molecule has 112 valence electrons. The molecule has 0 spiro atoms. The molecule has 21 heavy (non-hydrogen) atoms. The first-order valence-corrected chi connectivity index (χ1v) is 6.68. The van der Waals surface area contributed by atoms with Crippen molar-refractivity contribution in [2.24, 2.45) is 0 Å². The van der Waals surface area contributed by atoms with Crippen molar-refractivity contribution in [1.29, 1.82) is 0 Å². The van der Waals surface area contributed by atoms with E-state index in [0.29, 0.717) is 11.5 Å². The molecule has 1 aromatic carbocycles. The number of hydrogen-bond donors (Lipinski definition) is 1. The highest BCUT2D eigenvalue weighted by Gasteiger charge is 2.15. The Morgan fingerprint density at radius 3 is 2.24 bits per heavy atom. The monoisotopic (exact) mass is 295 g/mol. The fourth-order valence-electron chi connectivity index (χ4n) is 1.86. The predicted molar refractivity (Wildman–Crippen MR) is 75.6 cm³/mol. The molecule has 0 aliphatic carbocycles. The van der Waals surface area contributed by atoms with E-state index in [0.717, 1.165) is 30.7 Å². The summed E-state index contributed by atoms with van der Waals surface area (Å²) in [6.07, 6.45) is 0.914. The van der Waals surface area contributed by atoms with Crippen molar-refractivity contribution in [1.82, 2.24) is 9.97 Å². The topological polar surface area (TPSA) is 37.8 Å². The first-order chi connectivity index (χ1) is 9.93. The van der Waals surface area contributed by atoms with Crippen LogP contribution in [-0.2, 0) is 0 Å². The molecule has 0 bridgehead atoms. The van der Waals surface area contributed by atoms with Crippen molar-refractivity contribution in [3.8, 4) is 11.4 Å². The largest absolute Gasteiger partial charge is 0.370 e. The van der Waals surface area contributed by atoms with Crippen LogP contribution in [0.3, 0.4) is 0 Å². The van der Waals surface area contributed by atoms with Gasteiger partial charge in [0.25, 0.3) is 0 Å². The van der Waals surface area contributed by atoms with Crippen LogP contribution in [0.25, 0.3) is 11.4 Å². The number of aryl methyl sites for hydroxylation is 1. The van der Waals surface area contributed by atoms with Gasteiger partial charge in [-0.1, -0.05) is 6.92 Å². The van der Waals surface area contributed by atoms with Crippen LogP contribution in [0, 0.1) is 31.3 Å². The summed E-state index contributed by atoms with van der Waals surface area (Å²) in [4.78, 5) is 8.49. The predicted octanol–water partition coefficient (Wildman–Crippen LogP) is 4.00. The smallest absolute Gasteiger partial charge is 0.194 e. The molecule has 0 aliphatic rings. The molecule has 0 atom stereocenters. The first kappa shape index (κ1) is 15.3. The second-order valence-electron chi connectivity index (χ2n) is 4.79. The van der Waals surface area contributed by atoms with E-state index in [-0.39, 0.29) is 11.4 Å². The van der Waals surface area contributed by atoms with E-state index in [2.05, 4.69) is 15.3 Å². The molecule has 0 aliphatic heterocycles. The van der Waals surface area contributed by atoms with Gasteiger partial charge in [-0.2, -0.15) is 0 Å². The van der Waals surface area contributed by atoms with Gasteiger partial charge < -0.3 is 5.32 Å². The first-order valence-electron chi connectivity index (χ1n) is 6.68. The molecule has 0 fully saturated rings. The maximum atomic E-state index is 13.3. The van der Waals surface area contributed by atoms with Crippen LogP contribution < -0.4 is 5.32 Å². The highest BCUT2D eigenvalue weighted by atomic mass is 19.2. The third-order valence-electron chi connectivity index (χ3n) is 3.17. The van der Waals surface area contributed by atoms with Crippen molar-refractivity contribution < 1.29 is 13.2 Å². The van der Waals surface area contributed by atoms with Gasteiger partial charge in [-0.15, -0.1) is 0 Å². The van der Waals surface area contributed by atoms with E-state index in [1.54, 1.807) is 6.92 Å². The lowest BCUT2D eigenvalue weighted by atomic mass is 10.1. The van der Waals surface area contributed by atoms with Crippen LogP contribution in [-0.4, -0.2) is 16.5 Å². The second kappa shape index (κ2) is 6.11. The third kappa shape index (κ3) is 3.15. The van der Waals surface area contributed by atoms with Crippen molar-refractivity contribution in [2.45, 2.75) is 27.2 Å². The Morgan fingerprint density at radius 1 is 1.05 bits per heavy atom. The average molecular weight is 295 g/mol. The maximum Gasteiger partial charge on any atom is 0.194 e. The van der Waals surface area contributed by atoms with Gasteiger partial charge in [0.15, 0.2) is 23.3 Å². The summed E-state index contributed by atoms with van der Waals surface area (Å²) in [7, 11) is 0. The molecule has 2 rings (SSSR count). The maximum absolute atomic E-state index is 13.3. The van der Waals surface area contributed by atoms with Crippen LogP contribution in [0.15, 0.2) is 12.1 Å². The molecular weight excluding hydrogens is 279 g/mol. The van der Waals surface area contributed by atoms with Gasteiger partial charge >= 0.3 is 0 Å². The molecule has 0 radical (unpaired) electrons. The van der Waals surface area contributed by atoms with Gasteiger partial charge in [0, 0.05) is 23.4 Å². The number of nitrogens with one attached hydrogen (secondary N) is 1. The Balaban J connectivity index is 2.51. The molecule has 1 N–H and O–H groups in total. The van der Waals surface area contributed by atoms with E-state index in [1.165, 1.54) is 0 Å². The fraction of sp³-hybridized carbons (Fsp3) is 0.333. The van der Waals surface area contributed by atoms with Crippen molar-refractivity contribution >= 4 is 5.82 Å². The third-order valence-corrected chi connectivity index (χ3v) is 3.17. The van der Waals surface area contributed by atoms with Gasteiger partial charge in [0.05, 0.1) is 0 Å². The van der Waals surface area contributed by atoms with E-state index in [4.69, 9.17) is 0 Å². The standard InChI is InChI=1S/C15H16F3N3/c1-4-5-19-14-8(2)9(3)20-15(21-14)10-6-11(16)13(18)12(17)7-10/h6-7H,4-5H2,1-3H3,(H,19,20,21). The highest BCUT2D eigenvalue weighted by molar-refractivity contribution is 5.60. The number of nitrogens with zero attached hydrogens (tertiary/aromatic N) is 2. The van der Waals surface area contributed by atoms with Gasteiger partial charge in [0.1, 0.15) is 5.82 Å². The molecule has 3 nitrogen and oxygen atoms in total. The van der Waals surface area contributed by atoms with Crippen LogP contribution in [0.5, 0.6) is 0 Å². The molecular formula is C15H16F3N3. The molecule has 0 unspecified atom stereocenters. The Hall–Kier alpha value is -2.11. The van der Waals surface area contributed by atoms with Crippen LogP contribution in [0.4, 0.5) is 19.0 Å². The summed E-state index contributed by atoms with van der Waals surface area (Å²) in [5.41, 5.74) is 1.67. The Morgan fingerprint density at radius 2 is 1.67 bits per heavy atom. The Labute approximate surface area is 121 Å². The van der Waals surface area contributed by atoms with E-state index in [1.807, 2.05) is 13.8 Å². The SMILES string of the molecule is CCCNc1nc(-c2cc(F)c(F)c(F)c2)nc(C)c1C. The Bertz CT molecular complexity index is 648. The van der Waals surface area contributed by atoms with Crippen LogP contribution in [0.1, 0.15) is 24.6 Å². The summed E-state index contributed by atoms with van der Waals surface area (Å²) < 4.78 is 39.7. The Kier molecular flexibility index (Phi) is 4.45. The van der Waals surface area contributed by atoms with Crippen LogP contribution >= 0.6 is 0 Å². The van der Waals surface area contributed by atoms with Gasteiger partial charge in [-0.05, 0) is 32.4 Å². The molecule has 0 saturated carbocycles. The lowest BCUT2D eigenvalue weighted by molar-refractivity contribution is 0.447. The zero-order valence-corrected chi connectivity index (χ0v) is 12.1. The van der Waals surface area contributed by atoms with E-state index >= 15 is 0 Å². The molecule has 6 heteroatoms. The van der Waals surface area contributed by atoms with Gasteiger partial charge in [-0.25, -0.2) is 23.1 Å². The van der Waals surface area contributed by atoms with Crippen molar-refractivity contribution in [3.05, 3.63) is 40.8 Å². The normalized spacial score (nSPS) is 10.8. The summed E-state index contributed by atoms with van der Waals surface area (Å²) in [6.45, 7) is 6.39. The summed E-state index contributed by atoms with van der Waals surface area (Å²) in [5.74, 6) is -3.23. The zero-order valence-electron chi connectivity index (χ0n) is 12.1. The lowest BCUT2D eigenvalue weighted by Gasteiger charge is -2.12. The van der Waals surface area contributed by atoms with Crippen molar-refractivity contribution in [3.63, 3.8) is 0 Å². The van der Waals surface area contributed by atoms with Gasteiger partial charge in [-0.3, -0.25) is 0 Å². The number of halogens is 3. The number of aromatic nitrogens is 2. The minimum absolute atomic E-state index is 0.106. The molecule has 1 heterocycles. The second-order valence-corrected chi connectivity index (χ2v) is 4.79. The van der Waals surface area contributed by atoms with Gasteiger partial charge in [0.2, 0.25) is 0 Å². The fourth-order valence-corrected chi connectivity index (χ4v) is 1.86. The van der Waals surface area contributed by atoms with E-state index in [9.17, 15) is 13.2 Å². The lowest BCUT2D eigenvalue weighted by Crippen LogP contribution is -2.08. The number of rotatable bonds is 4. The highest BCUT2D eigenvalue weighted by Crippen LogP contribution is 2.24. The molecule has 2 aromatic rings. The zero-order chi connectivity index (χ0) is 15.6. The molecule has 1 aromatic heterocycles. The minimum atomic E-state index is -1.49. The molecule has 0 saturated heterocycles. The van der Waals surface area contributed by atoms with Crippen LogP contribution in [0.2, 0.25) is 0 Å². The summed E-state index contributed by atoms with van der Waals surface area (Å²) in [5, 5.41) is 3.14. The number of hydrogen-bond acceptors (Lipinski definition) is 3. The number of anilines is 1. The summed E-state index contributed by atoms with van der Waals surface area (Å²) >= 11 is 0. The number of benzene rings is 1. The minimum Gasteiger partial charge on any atom is -0.370 e. The quantitative estimate of drug-likeness (QED) is 0.866. The van der Waals surface area contributed by atoms with Crippen molar-refractivity contribution in [2.75, 3.05) is 11.9 Å².